The second kappa shape index (κ2) is 5.34. The van der Waals surface area contributed by atoms with Crippen LogP contribution >= 0.6 is 0 Å². The quantitative estimate of drug-likeness (QED) is 0.826. The summed E-state index contributed by atoms with van der Waals surface area (Å²) in [7, 11) is 1.55. The summed E-state index contributed by atoms with van der Waals surface area (Å²) in [5.41, 5.74) is 1.13. The van der Waals surface area contributed by atoms with E-state index >= 15 is 0 Å². The first-order valence-corrected chi connectivity index (χ1v) is 5.18. The van der Waals surface area contributed by atoms with Crippen molar-refractivity contribution in [1.82, 2.24) is 4.90 Å². The Hall–Kier alpha value is -2.04. The molecule has 0 atom stereocenters. The zero-order chi connectivity index (χ0) is 13.0. The van der Waals surface area contributed by atoms with Crippen LogP contribution in [0.15, 0.2) is 18.2 Å². The standard InChI is InChI=1S/C12H15NO4/c1-8-7-9(14)3-4-10(8)12(17)13(2)6-5-11(15)16/h3-4,7,14H,5-6H2,1-2H3,(H,15,16). The third-order valence-corrected chi connectivity index (χ3v) is 2.45. The number of carboxylic acids is 1. The molecular weight excluding hydrogens is 222 g/mol. The zero-order valence-electron chi connectivity index (χ0n) is 9.80. The number of nitrogens with zero attached hydrogens (tertiary/aromatic N) is 1. The Morgan fingerprint density at radius 3 is 2.53 bits per heavy atom. The molecule has 0 aliphatic rings. The van der Waals surface area contributed by atoms with E-state index in [9.17, 15) is 14.7 Å². The lowest BCUT2D eigenvalue weighted by Gasteiger charge is -2.17. The number of benzene rings is 1. The summed E-state index contributed by atoms with van der Waals surface area (Å²) in [6, 6.07) is 4.47. The molecule has 17 heavy (non-hydrogen) atoms. The van der Waals surface area contributed by atoms with Gasteiger partial charge in [-0.05, 0) is 30.7 Å². The molecular formula is C12H15NO4. The molecule has 0 radical (unpaired) electrons. The van der Waals surface area contributed by atoms with Gasteiger partial charge in [-0.2, -0.15) is 0 Å². The molecule has 1 aromatic rings. The highest BCUT2D eigenvalue weighted by Crippen LogP contribution is 2.17. The van der Waals surface area contributed by atoms with E-state index < -0.39 is 5.97 Å². The summed E-state index contributed by atoms with van der Waals surface area (Å²) in [5, 5.41) is 17.8. The molecule has 0 aromatic heterocycles. The number of carbonyl (C=O) groups is 2. The number of aliphatic carboxylic acids is 1. The molecule has 2 N–H and O–H groups in total. The van der Waals surface area contributed by atoms with Crippen LogP contribution in [0.2, 0.25) is 0 Å². The van der Waals surface area contributed by atoms with Gasteiger partial charge in [0.25, 0.3) is 5.91 Å². The predicted molar refractivity (Wildman–Crippen MR) is 62.1 cm³/mol. The average molecular weight is 237 g/mol. The number of carbonyl (C=O) groups excluding carboxylic acids is 1. The van der Waals surface area contributed by atoms with E-state index in [1.807, 2.05) is 0 Å². The van der Waals surface area contributed by atoms with Gasteiger partial charge in [0, 0.05) is 19.2 Å². The normalized spacial score (nSPS) is 10.0. The molecule has 1 amide bonds. The fraction of sp³-hybridized carbons (Fsp3) is 0.333. The Bertz CT molecular complexity index is 442. The van der Waals surface area contributed by atoms with Crippen molar-refractivity contribution < 1.29 is 19.8 Å². The lowest BCUT2D eigenvalue weighted by atomic mass is 10.1. The molecule has 0 spiro atoms. The van der Waals surface area contributed by atoms with Gasteiger partial charge in [-0.15, -0.1) is 0 Å². The molecule has 0 unspecified atom stereocenters. The van der Waals surface area contributed by atoms with Gasteiger partial charge >= 0.3 is 5.97 Å². The topological polar surface area (TPSA) is 77.8 Å². The number of rotatable bonds is 4. The highest BCUT2D eigenvalue weighted by Gasteiger charge is 2.14. The number of hydrogen-bond acceptors (Lipinski definition) is 3. The Labute approximate surface area is 99.3 Å². The van der Waals surface area contributed by atoms with Gasteiger partial charge in [0.1, 0.15) is 5.75 Å². The highest BCUT2D eigenvalue weighted by atomic mass is 16.4. The summed E-state index contributed by atoms with van der Waals surface area (Å²) in [6.45, 7) is 1.88. The van der Waals surface area contributed by atoms with Gasteiger partial charge in [-0.1, -0.05) is 0 Å². The summed E-state index contributed by atoms with van der Waals surface area (Å²) < 4.78 is 0. The van der Waals surface area contributed by atoms with Gasteiger partial charge in [-0.25, -0.2) is 0 Å². The van der Waals surface area contributed by atoms with Crippen molar-refractivity contribution >= 4 is 11.9 Å². The SMILES string of the molecule is Cc1cc(O)ccc1C(=O)N(C)CCC(=O)O. The van der Waals surface area contributed by atoms with Crippen LogP contribution in [0.1, 0.15) is 22.3 Å². The Balaban J connectivity index is 2.78. The first-order valence-electron chi connectivity index (χ1n) is 5.18. The monoisotopic (exact) mass is 237 g/mol. The summed E-state index contributed by atoms with van der Waals surface area (Å²) in [5.74, 6) is -1.08. The Morgan fingerprint density at radius 2 is 2.00 bits per heavy atom. The lowest BCUT2D eigenvalue weighted by Crippen LogP contribution is -2.29. The average Bonchev–Trinajstić information content (AvgIpc) is 2.25. The molecule has 5 heteroatoms. The molecule has 1 aromatic carbocycles. The summed E-state index contributed by atoms with van der Waals surface area (Å²) in [4.78, 5) is 23.7. The molecule has 0 saturated heterocycles. The van der Waals surface area contributed by atoms with Gasteiger partial charge in [-0.3, -0.25) is 9.59 Å². The van der Waals surface area contributed by atoms with Gasteiger partial charge in [0.15, 0.2) is 0 Å². The molecule has 92 valence electrons. The molecule has 1 rings (SSSR count). The number of phenolic OH excluding ortho intramolecular Hbond substituents is 1. The van der Waals surface area contributed by atoms with Gasteiger partial charge < -0.3 is 15.1 Å². The first-order chi connectivity index (χ1) is 7.91. The van der Waals surface area contributed by atoms with Crippen LogP contribution < -0.4 is 0 Å². The Kier molecular flexibility index (Phi) is 4.09. The van der Waals surface area contributed by atoms with Crippen molar-refractivity contribution in [2.24, 2.45) is 0 Å². The van der Waals surface area contributed by atoms with Crippen LogP contribution in [0.3, 0.4) is 0 Å². The van der Waals surface area contributed by atoms with E-state index in [0.29, 0.717) is 11.1 Å². The van der Waals surface area contributed by atoms with Crippen molar-refractivity contribution in [2.75, 3.05) is 13.6 Å². The minimum absolute atomic E-state index is 0.0840. The van der Waals surface area contributed by atoms with Crippen LogP contribution in [-0.2, 0) is 4.79 Å². The van der Waals surface area contributed by atoms with Crippen molar-refractivity contribution in [3.05, 3.63) is 29.3 Å². The fourth-order valence-corrected chi connectivity index (χ4v) is 1.46. The van der Waals surface area contributed by atoms with E-state index in [4.69, 9.17) is 5.11 Å². The van der Waals surface area contributed by atoms with E-state index in [2.05, 4.69) is 0 Å². The van der Waals surface area contributed by atoms with E-state index in [1.165, 1.54) is 23.1 Å². The molecule has 0 fully saturated rings. The number of aromatic hydroxyl groups is 1. The highest BCUT2D eigenvalue weighted by molar-refractivity contribution is 5.95. The van der Waals surface area contributed by atoms with E-state index in [0.717, 1.165) is 0 Å². The van der Waals surface area contributed by atoms with Crippen molar-refractivity contribution in [2.45, 2.75) is 13.3 Å². The van der Waals surface area contributed by atoms with Crippen LogP contribution in [0, 0.1) is 6.92 Å². The first kappa shape index (κ1) is 13.0. The van der Waals surface area contributed by atoms with Crippen LogP contribution in [0.4, 0.5) is 0 Å². The number of amides is 1. The third-order valence-electron chi connectivity index (χ3n) is 2.45. The van der Waals surface area contributed by atoms with Gasteiger partial charge in [0.05, 0.1) is 6.42 Å². The smallest absolute Gasteiger partial charge is 0.305 e. The zero-order valence-corrected chi connectivity index (χ0v) is 9.80. The van der Waals surface area contributed by atoms with Crippen molar-refractivity contribution in [3.8, 4) is 5.75 Å². The molecule has 0 aliphatic carbocycles. The maximum atomic E-state index is 11.9. The largest absolute Gasteiger partial charge is 0.508 e. The predicted octanol–water partition coefficient (Wildman–Crippen LogP) is 1.25. The molecule has 0 aliphatic heterocycles. The minimum Gasteiger partial charge on any atom is -0.508 e. The van der Waals surface area contributed by atoms with Crippen LogP contribution in [0.25, 0.3) is 0 Å². The maximum absolute atomic E-state index is 11.9. The van der Waals surface area contributed by atoms with Gasteiger partial charge in [0.2, 0.25) is 0 Å². The van der Waals surface area contributed by atoms with Crippen molar-refractivity contribution in [1.29, 1.82) is 0 Å². The van der Waals surface area contributed by atoms with E-state index in [1.54, 1.807) is 14.0 Å². The summed E-state index contributed by atoms with van der Waals surface area (Å²) in [6.07, 6.45) is -0.0840. The summed E-state index contributed by atoms with van der Waals surface area (Å²) >= 11 is 0. The Morgan fingerprint density at radius 1 is 1.35 bits per heavy atom. The fourth-order valence-electron chi connectivity index (χ4n) is 1.46. The number of phenols is 1. The van der Waals surface area contributed by atoms with Crippen molar-refractivity contribution in [3.63, 3.8) is 0 Å². The van der Waals surface area contributed by atoms with E-state index in [-0.39, 0.29) is 24.6 Å². The molecule has 0 bridgehead atoms. The number of hydrogen-bond donors (Lipinski definition) is 2. The minimum atomic E-state index is -0.938. The second-order valence-electron chi connectivity index (χ2n) is 3.87. The molecule has 0 saturated carbocycles. The third kappa shape index (κ3) is 3.48. The van der Waals surface area contributed by atoms with Crippen LogP contribution in [-0.4, -0.2) is 40.6 Å². The molecule has 0 heterocycles. The maximum Gasteiger partial charge on any atom is 0.305 e. The number of aryl methyl sites for hydroxylation is 1. The molecule has 5 nitrogen and oxygen atoms in total. The lowest BCUT2D eigenvalue weighted by molar-refractivity contribution is -0.137. The second-order valence-corrected chi connectivity index (χ2v) is 3.87. The van der Waals surface area contributed by atoms with Crippen LogP contribution in [0.5, 0.6) is 5.75 Å². The number of carboxylic acid groups (broad SMARTS) is 1.